The zero-order valence-corrected chi connectivity index (χ0v) is 14.0. The van der Waals surface area contributed by atoms with Gasteiger partial charge in [-0.25, -0.2) is 0 Å². The third kappa shape index (κ3) is 2.60. The van der Waals surface area contributed by atoms with E-state index in [4.69, 9.17) is 0 Å². The first-order valence-electron chi connectivity index (χ1n) is 9.25. The van der Waals surface area contributed by atoms with E-state index < -0.39 is 0 Å². The Morgan fingerprint density at radius 2 is 1.21 bits per heavy atom. The van der Waals surface area contributed by atoms with Crippen molar-refractivity contribution >= 4 is 0 Å². The van der Waals surface area contributed by atoms with Gasteiger partial charge in [0.15, 0.2) is 0 Å². The Kier molecular flexibility index (Phi) is 3.36. The zero-order chi connectivity index (χ0) is 15.9. The van der Waals surface area contributed by atoms with E-state index in [0.29, 0.717) is 6.04 Å². The molecule has 24 heavy (non-hydrogen) atoms. The van der Waals surface area contributed by atoms with Crippen LogP contribution in [0.1, 0.15) is 42.9 Å². The van der Waals surface area contributed by atoms with Gasteiger partial charge in [0.1, 0.15) is 0 Å². The minimum Gasteiger partial charge on any atom is -0.366 e. The molecule has 1 heterocycles. The molecule has 3 aliphatic rings. The van der Waals surface area contributed by atoms with Crippen molar-refractivity contribution in [3.63, 3.8) is 0 Å². The molecule has 0 aromatic heterocycles. The maximum absolute atomic E-state index is 2.74. The van der Waals surface area contributed by atoms with E-state index in [9.17, 15) is 0 Å². The van der Waals surface area contributed by atoms with Gasteiger partial charge < -0.3 is 9.80 Å². The van der Waals surface area contributed by atoms with E-state index in [-0.39, 0.29) is 0 Å². The summed E-state index contributed by atoms with van der Waals surface area (Å²) < 4.78 is 0. The predicted octanol–water partition coefficient (Wildman–Crippen LogP) is 4.56. The van der Waals surface area contributed by atoms with Crippen LogP contribution in [0.2, 0.25) is 0 Å². The summed E-state index contributed by atoms with van der Waals surface area (Å²) >= 11 is 0. The molecule has 0 saturated heterocycles. The highest BCUT2D eigenvalue weighted by Gasteiger charge is 2.43. The van der Waals surface area contributed by atoms with Crippen molar-refractivity contribution < 1.29 is 0 Å². The lowest BCUT2D eigenvalue weighted by molar-refractivity contribution is 0.206. The molecular weight excluding hydrogens is 292 g/mol. The molecule has 5 rings (SSSR count). The largest absolute Gasteiger partial charge is 0.366 e. The van der Waals surface area contributed by atoms with Crippen LogP contribution in [0.3, 0.4) is 0 Å². The average molecular weight is 316 g/mol. The summed E-state index contributed by atoms with van der Waals surface area (Å²) in [5.41, 5.74) is 4.32. The minimum absolute atomic E-state index is 0.330. The molecule has 0 radical (unpaired) electrons. The van der Waals surface area contributed by atoms with Crippen LogP contribution in [-0.4, -0.2) is 28.4 Å². The summed E-state index contributed by atoms with van der Waals surface area (Å²) in [6, 6.07) is 23.8. The van der Waals surface area contributed by atoms with E-state index in [0.717, 1.165) is 18.6 Å². The summed E-state index contributed by atoms with van der Waals surface area (Å²) in [6.45, 7) is 1.08. The van der Waals surface area contributed by atoms with Crippen LogP contribution in [-0.2, 0) is 0 Å². The molecule has 2 aromatic rings. The second-order valence-corrected chi connectivity index (χ2v) is 7.39. The van der Waals surface area contributed by atoms with Crippen molar-refractivity contribution in [2.45, 2.75) is 43.8 Å². The van der Waals surface area contributed by atoms with Crippen molar-refractivity contribution in [1.29, 1.82) is 0 Å². The van der Waals surface area contributed by atoms with E-state index >= 15 is 0 Å². The van der Waals surface area contributed by atoms with Crippen LogP contribution >= 0.6 is 0 Å². The first-order valence-corrected chi connectivity index (χ1v) is 9.25. The lowest BCUT2D eigenvalue weighted by Crippen LogP contribution is -2.43. The van der Waals surface area contributed by atoms with E-state index in [2.05, 4.69) is 76.7 Å². The van der Waals surface area contributed by atoms with E-state index in [1.807, 2.05) is 0 Å². The fourth-order valence-corrected chi connectivity index (χ4v) is 3.99. The molecule has 2 aromatic carbocycles. The molecule has 2 fully saturated rings. The molecule has 0 N–H and O–H groups in total. The molecule has 1 aliphatic heterocycles. The Labute approximate surface area is 144 Å². The van der Waals surface area contributed by atoms with Gasteiger partial charge in [-0.15, -0.1) is 0 Å². The van der Waals surface area contributed by atoms with E-state index in [1.54, 1.807) is 5.70 Å². The smallest absolute Gasteiger partial charge is 0.0795 e. The van der Waals surface area contributed by atoms with Gasteiger partial charge in [0.25, 0.3) is 0 Å². The molecule has 2 heteroatoms. The van der Waals surface area contributed by atoms with Crippen LogP contribution in [0.4, 0.5) is 0 Å². The minimum atomic E-state index is 0.330. The molecule has 122 valence electrons. The van der Waals surface area contributed by atoms with Gasteiger partial charge in [0, 0.05) is 24.0 Å². The third-order valence-electron chi connectivity index (χ3n) is 5.43. The van der Waals surface area contributed by atoms with Crippen LogP contribution in [0.15, 0.2) is 72.6 Å². The molecule has 0 bridgehead atoms. The van der Waals surface area contributed by atoms with Crippen LogP contribution < -0.4 is 0 Å². The molecule has 2 aliphatic carbocycles. The van der Waals surface area contributed by atoms with Gasteiger partial charge >= 0.3 is 0 Å². The fourth-order valence-electron chi connectivity index (χ4n) is 3.99. The topological polar surface area (TPSA) is 6.48 Å². The highest BCUT2D eigenvalue weighted by Crippen LogP contribution is 2.44. The maximum atomic E-state index is 2.74. The van der Waals surface area contributed by atoms with Gasteiger partial charge in [-0.2, -0.15) is 0 Å². The fraction of sp³-hybridized carbons (Fsp3) is 0.364. The van der Waals surface area contributed by atoms with Crippen molar-refractivity contribution in [2.24, 2.45) is 0 Å². The predicted molar refractivity (Wildman–Crippen MR) is 97.4 cm³/mol. The normalized spacial score (nSPS) is 19.9. The van der Waals surface area contributed by atoms with Crippen molar-refractivity contribution in [3.05, 3.63) is 83.7 Å². The molecule has 0 amide bonds. The lowest BCUT2D eigenvalue weighted by atomic mass is 9.95. The summed E-state index contributed by atoms with van der Waals surface area (Å²) in [4.78, 5) is 5.25. The van der Waals surface area contributed by atoms with Crippen molar-refractivity contribution in [3.8, 4) is 0 Å². The average Bonchev–Trinajstić information content (AvgIpc) is 3.48. The lowest BCUT2D eigenvalue weighted by Gasteiger charge is -2.43. The Bertz CT molecular complexity index is 678. The summed E-state index contributed by atoms with van der Waals surface area (Å²) in [5.74, 6) is 0. The molecule has 2 saturated carbocycles. The van der Waals surface area contributed by atoms with E-state index in [1.165, 1.54) is 36.8 Å². The monoisotopic (exact) mass is 316 g/mol. The van der Waals surface area contributed by atoms with Gasteiger partial charge in [0.2, 0.25) is 0 Å². The second-order valence-electron chi connectivity index (χ2n) is 7.39. The number of nitrogens with zero attached hydrogens (tertiary/aromatic N) is 2. The zero-order valence-electron chi connectivity index (χ0n) is 14.0. The summed E-state index contributed by atoms with van der Waals surface area (Å²) in [6.07, 6.45) is 8.01. The molecule has 0 unspecified atom stereocenters. The highest BCUT2D eigenvalue weighted by atomic mass is 15.3. The molecule has 2 nitrogen and oxygen atoms in total. The Balaban J connectivity index is 1.44. The quantitative estimate of drug-likeness (QED) is 0.771. The first-order chi connectivity index (χ1) is 11.9. The summed E-state index contributed by atoms with van der Waals surface area (Å²) in [5, 5.41) is 0. The Morgan fingerprint density at radius 3 is 1.62 bits per heavy atom. The number of rotatable bonds is 6. The van der Waals surface area contributed by atoms with Gasteiger partial charge in [-0.3, -0.25) is 0 Å². The van der Waals surface area contributed by atoms with Gasteiger partial charge in [0.05, 0.1) is 12.6 Å². The molecule has 0 atom stereocenters. The molecule has 0 spiro atoms. The number of hydrogen-bond acceptors (Lipinski definition) is 2. The number of hydrogen-bond donors (Lipinski definition) is 0. The van der Waals surface area contributed by atoms with Crippen LogP contribution in [0, 0.1) is 0 Å². The first kappa shape index (κ1) is 14.2. The Morgan fingerprint density at radius 1 is 0.750 bits per heavy atom. The standard InChI is InChI=1S/C22H24N2/c1-3-7-17(8-4-1)22(18-9-5-2-6-10-18)23-15-21(16-23)24(19-11-12-19)20-13-14-20/h1-10,15,19-20,22H,11-14,16H2. The van der Waals surface area contributed by atoms with Gasteiger partial charge in [-0.1, -0.05) is 60.7 Å². The van der Waals surface area contributed by atoms with Crippen LogP contribution in [0.5, 0.6) is 0 Å². The second kappa shape index (κ2) is 5.70. The van der Waals surface area contributed by atoms with Crippen molar-refractivity contribution in [2.75, 3.05) is 6.54 Å². The van der Waals surface area contributed by atoms with Gasteiger partial charge in [-0.05, 0) is 36.8 Å². The Hall–Kier alpha value is -2.22. The van der Waals surface area contributed by atoms with Crippen molar-refractivity contribution in [1.82, 2.24) is 9.80 Å². The number of benzene rings is 2. The van der Waals surface area contributed by atoms with Crippen LogP contribution in [0.25, 0.3) is 0 Å². The third-order valence-corrected chi connectivity index (χ3v) is 5.43. The SMILES string of the molecule is C1=C(N(C2CC2)C2CC2)CN1C(c1ccccc1)c1ccccc1. The maximum Gasteiger partial charge on any atom is 0.0795 e. The molecular formula is C22H24N2. The summed E-state index contributed by atoms with van der Waals surface area (Å²) in [7, 11) is 0. The highest BCUT2D eigenvalue weighted by molar-refractivity contribution is 5.35.